The fourth-order valence-corrected chi connectivity index (χ4v) is 2.39. The molecular formula is C16H14ClN3O2. The van der Waals surface area contributed by atoms with Gasteiger partial charge in [0.05, 0.1) is 23.4 Å². The minimum absolute atomic E-state index is 0.0920. The first kappa shape index (κ1) is 14.5. The fourth-order valence-electron chi connectivity index (χ4n) is 2.25. The van der Waals surface area contributed by atoms with Crippen molar-refractivity contribution in [3.8, 4) is 5.88 Å². The Morgan fingerprint density at radius 1 is 1.23 bits per heavy atom. The first-order valence-corrected chi connectivity index (χ1v) is 7.41. The smallest absolute Gasteiger partial charge is 0.226 e. The highest BCUT2D eigenvalue weighted by atomic mass is 35.5. The summed E-state index contributed by atoms with van der Waals surface area (Å²) in [5.41, 5.74) is 2.21. The number of hydrogen-bond donors (Lipinski definition) is 1. The lowest BCUT2D eigenvalue weighted by molar-refractivity contribution is 0.102. The number of carbonyl (C=O) groups is 1. The van der Waals surface area contributed by atoms with E-state index in [0.29, 0.717) is 29.1 Å². The summed E-state index contributed by atoms with van der Waals surface area (Å²) in [6.45, 7) is 0.468. The molecule has 5 nitrogen and oxygen atoms in total. The van der Waals surface area contributed by atoms with E-state index in [4.69, 9.17) is 16.3 Å². The van der Waals surface area contributed by atoms with E-state index in [2.05, 4.69) is 15.0 Å². The molecule has 0 radical (unpaired) electrons. The number of H-pyrrole nitrogens is 1. The Kier molecular flexibility index (Phi) is 4.34. The largest absolute Gasteiger partial charge is 0.477 e. The minimum Gasteiger partial charge on any atom is -0.477 e. The van der Waals surface area contributed by atoms with Gasteiger partial charge in [-0.15, -0.1) is 11.6 Å². The summed E-state index contributed by atoms with van der Waals surface area (Å²) in [7, 11) is 0. The van der Waals surface area contributed by atoms with Gasteiger partial charge in [0.2, 0.25) is 5.88 Å². The molecule has 22 heavy (non-hydrogen) atoms. The number of fused-ring (bicyclic) bond motifs is 1. The van der Waals surface area contributed by atoms with Crippen molar-refractivity contribution < 1.29 is 9.53 Å². The van der Waals surface area contributed by atoms with Crippen LogP contribution in [0.5, 0.6) is 5.88 Å². The first-order valence-electron chi connectivity index (χ1n) is 6.87. The molecule has 0 saturated carbocycles. The number of aromatic nitrogens is 3. The first-order chi connectivity index (χ1) is 10.8. The number of nitrogens with zero attached hydrogens (tertiary/aromatic N) is 2. The molecule has 0 aliphatic carbocycles. The van der Waals surface area contributed by atoms with Crippen LogP contribution in [0.1, 0.15) is 15.9 Å². The molecule has 0 fully saturated rings. The molecule has 112 valence electrons. The number of rotatable bonds is 6. The van der Waals surface area contributed by atoms with Crippen molar-refractivity contribution in [2.45, 2.75) is 6.42 Å². The van der Waals surface area contributed by atoms with Gasteiger partial charge >= 0.3 is 0 Å². The molecule has 2 heterocycles. The van der Waals surface area contributed by atoms with Gasteiger partial charge in [0.25, 0.3) is 0 Å². The summed E-state index contributed by atoms with van der Waals surface area (Å²) in [5.74, 6) is 0.122. The lowest BCUT2D eigenvalue weighted by Crippen LogP contribution is -2.05. The highest BCUT2D eigenvalue weighted by Gasteiger charge is 2.17. The van der Waals surface area contributed by atoms with Gasteiger partial charge in [-0.2, -0.15) is 0 Å². The van der Waals surface area contributed by atoms with Crippen LogP contribution in [-0.2, 0) is 6.42 Å². The van der Waals surface area contributed by atoms with Crippen LogP contribution in [0.2, 0.25) is 0 Å². The summed E-state index contributed by atoms with van der Waals surface area (Å²) in [6, 6.07) is 10.0. The topological polar surface area (TPSA) is 67.9 Å². The van der Waals surface area contributed by atoms with E-state index in [1.54, 1.807) is 6.20 Å². The van der Waals surface area contributed by atoms with Crippen molar-refractivity contribution in [2.24, 2.45) is 0 Å². The summed E-state index contributed by atoms with van der Waals surface area (Å²) in [4.78, 5) is 23.1. The van der Waals surface area contributed by atoms with Crippen LogP contribution >= 0.6 is 11.6 Å². The molecule has 0 bridgehead atoms. The molecule has 2 aromatic heterocycles. The average molecular weight is 316 g/mol. The Bertz CT molecular complexity index is 786. The summed E-state index contributed by atoms with van der Waals surface area (Å²) >= 11 is 5.64. The average Bonchev–Trinajstić information content (AvgIpc) is 3.00. The van der Waals surface area contributed by atoms with E-state index in [1.165, 1.54) is 11.9 Å². The Labute approximate surface area is 132 Å². The van der Waals surface area contributed by atoms with E-state index in [1.807, 2.05) is 30.3 Å². The van der Waals surface area contributed by atoms with Crippen LogP contribution in [0.4, 0.5) is 0 Å². The minimum atomic E-state index is -0.185. The van der Waals surface area contributed by atoms with Gasteiger partial charge in [-0.1, -0.05) is 30.3 Å². The molecule has 1 N–H and O–H groups in total. The number of nitrogens with one attached hydrogen (secondary N) is 1. The number of aromatic amines is 1. The van der Waals surface area contributed by atoms with Gasteiger partial charge in [0.1, 0.15) is 12.0 Å². The number of hydrogen-bond acceptors (Lipinski definition) is 4. The van der Waals surface area contributed by atoms with Crippen LogP contribution in [0, 0.1) is 0 Å². The molecule has 0 unspecified atom stereocenters. The van der Waals surface area contributed by atoms with E-state index >= 15 is 0 Å². The molecule has 0 spiro atoms. The third kappa shape index (κ3) is 2.94. The van der Waals surface area contributed by atoms with Crippen molar-refractivity contribution in [1.29, 1.82) is 0 Å². The van der Waals surface area contributed by atoms with E-state index in [9.17, 15) is 4.79 Å². The normalized spacial score (nSPS) is 10.8. The highest BCUT2D eigenvalue weighted by Crippen LogP contribution is 2.25. The third-order valence-electron chi connectivity index (χ3n) is 3.33. The molecule has 0 amide bonds. The maximum Gasteiger partial charge on any atom is 0.226 e. The molecule has 0 aliphatic rings. The maximum absolute atomic E-state index is 11.9. The lowest BCUT2D eigenvalue weighted by atomic mass is 10.1. The van der Waals surface area contributed by atoms with Crippen LogP contribution in [0.15, 0.2) is 42.9 Å². The monoisotopic (exact) mass is 315 g/mol. The number of ketones is 1. The number of halogens is 1. The summed E-state index contributed by atoms with van der Waals surface area (Å²) < 4.78 is 5.75. The number of alkyl halides is 1. The van der Waals surface area contributed by atoms with Crippen molar-refractivity contribution in [3.05, 3.63) is 54.0 Å². The molecule has 0 atom stereocenters. The van der Waals surface area contributed by atoms with Crippen LogP contribution in [0.3, 0.4) is 0 Å². The molecule has 3 rings (SSSR count). The summed E-state index contributed by atoms with van der Waals surface area (Å²) in [5, 5.41) is 0.584. The fraction of sp³-hybridized carbons (Fsp3) is 0.188. The van der Waals surface area contributed by atoms with Crippen LogP contribution < -0.4 is 4.74 Å². The molecular weight excluding hydrogens is 302 g/mol. The molecule has 0 aliphatic heterocycles. The quantitative estimate of drug-likeness (QED) is 0.561. The number of carbonyl (C=O) groups excluding carboxylic acids is 1. The second-order valence-corrected chi connectivity index (χ2v) is 5.01. The molecule has 6 heteroatoms. The van der Waals surface area contributed by atoms with Crippen molar-refractivity contribution in [1.82, 2.24) is 15.0 Å². The standard InChI is InChI=1S/C16H14ClN3O2/c17-8-13(21)12-9-18-15-14(12)16(20-10-19-15)22-7-6-11-4-2-1-3-5-11/h1-5,9-10H,6-8H2,(H,18,19,20). The Morgan fingerprint density at radius 2 is 2.05 bits per heavy atom. The highest BCUT2D eigenvalue weighted by molar-refractivity contribution is 6.32. The number of ether oxygens (including phenoxy) is 1. The van der Waals surface area contributed by atoms with Crippen LogP contribution in [-0.4, -0.2) is 33.2 Å². The second-order valence-electron chi connectivity index (χ2n) is 4.75. The molecule has 1 aromatic carbocycles. The van der Waals surface area contributed by atoms with Gasteiger partial charge < -0.3 is 9.72 Å². The van der Waals surface area contributed by atoms with E-state index in [0.717, 1.165) is 6.42 Å². The van der Waals surface area contributed by atoms with Crippen LogP contribution in [0.25, 0.3) is 11.0 Å². The zero-order valence-corrected chi connectivity index (χ0v) is 12.5. The maximum atomic E-state index is 11.9. The Morgan fingerprint density at radius 3 is 2.82 bits per heavy atom. The number of benzene rings is 1. The second kappa shape index (κ2) is 6.58. The SMILES string of the molecule is O=C(CCl)c1c[nH]c2ncnc(OCCc3ccccc3)c12. The Hall–Kier alpha value is -2.40. The lowest BCUT2D eigenvalue weighted by Gasteiger charge is -2.07. The van der Waals surface area contributed by atoms with E-state index < -0.39 is 0 Å². The Balaban J connectivity index is 1.81. The number of Topliss-reactive ketones (excluding diaryl/α,β-unsaturated/α-hetero) is 1. The van der Waals surface area contributed by atoms with Crippen molar-refractivity contribution in [2.75, 3.05) is 12.5 Å². The zero-order valence-electron chi connectivity index (χ0n) is 11.8. The van der Waals surface area contributed by atoms with E-state index in [-0.39, 0.29) is 11.7 Å². The zero-order chi connectivity index (χ0) is 15.4. The van der Waals surface area contributed by atoms with Gasteiger partial charge in [-0.05, 0) is 5.56 Å². The van der Waals surface area contributed by atoms with Crippen molar-refractivity contribution >= 4 is 28.4 Å². The van der Waals surface area contributed by atoms with Gasteiger partial charge in [-0.25, -0.2) is 9.97 Å². The van der Waals surface area contributed by atoms with Gasteiger partial charge in [-0.3, -0.25) is 4.79 Å². The van der Waals surface area contributed by atoms with Gasteiger partial charge in [0, 0.05) is 12.6 Å². The predicted octanol–water partition coefficient (Wildman–Crippen LogP) is 3.00. The van der Waals surface area contributed by atoms with Gasteiger partial charge in [0.15, 0.2) is 5.78 Å². The third-order valence-corrected chi connectivity index (χ3v) is 3.57. The molecule has 3 aromatic rings. The summed E-state index contributed by atoms with van der Waals surface area (Å²) in [6.07, 6.45) is 3.76. The molecule has 0 saturated heterocycles. The predicted molar refractivity (Wildman–Crippen MR) is 84.6 cm³/mol. The van der Waals surface area contributed by atoms with Crippen molar-refractivity contribution in [3.63, 3.8) is 0 Å².